The Kier molecular flexibility index (Phi) is 6.71. The van der Waals surface area contributed by atoms with E-state index in [1.165, 1.54) is 18.9 Å². The average Bonchev–Trinajstić information content (AvgIpc) is 3.20. The van der Waals surface area contributed by atoms with Crippen molar-refractivity contribution in [2.24, 2.45) is 4.99 Å². The average molecular weight is 456 g/mol. The molecule has 0 spiro atoms. The number of benzene rings is 1. The fraction of sp³-hybridized carbons (Fsp3) is 0.458. The number of amidine groups is 1. The summed E-state index contributed by atoms with van der Waals surface area (Å²) in [5.74, 6) is -0.323. The summed E-state index contributed by atoms with van der Waals surface area (Å²) >= 11 is 1.50. The quantitative estimate of drug-likeness (QED) is 0.631. The number of esters is 1. The summed E-state index contributed by atoms with van der Waals surface area (Å²) in [6.07, 6.45) is 0.870. The van der Waals surface area contributed by atoms with Gasteiger partial charge < -0.3 is 19.3 Å². The summed E-state index contributed by atoms with van der Waals surface area (Å²) in [4.78, 5) is 34.7. The van der Waals surface area contributed by atoms with Gasteiger partial charge in [-0.15, -0.1) is 0 Å². The third kappa shape index (κ3) is 4.21. The Balaban J connectivity index is 1.75. The first-order chi connectivity index (χ1) is 15.4. The zero-order valence-electron chi connectivity index (χ0n) is 19.0. The molecule has 0 saturated carbocycles. The van der Waals surface area contributed by atoms with Crippen LogP contribution in [0.4, 0.5) is 0 Å². The molecule has 0 aromatic heterocycles. The van der Waals surface area contributed by atoms with Crippen LogP contribution in [-0.2, 0) is 19.1 Å². The third-order valence-electron chi connectivity index (χ3n) is 6.05. The number of hydrogen-bond donors (Lipinski definition) is 0. The number of rotatable bonds is 5. The van der Waals surface area contributed by atoms with Crippen molar-refractivity contribution in [3.63, 3.8) is 0 Å². The number of carbonyl (C=O) groups is 2. The van der Waals surface area contributed by atoms with Gasteiger partial charge in [-0.2, -0.15) is 0 Å². The molecule has 1 aromatic carbocycles. The zero-order chi connectivity index (χ0) is 22.8. The van der Waals surface area contributed by atoms with E-state index in [2.05, 4.69) is 32.0 Å². The number of aliphatic imine (C=N–C) groups is 1. The van der Waals surface area contributed by atoms with Crippen molar-refractivity contribution in [3.05, 3.63) is 57.3 Å². The van der Waals surface area contributed by atoms with Crippen LogP contribution in [-0.4, -0.2) is 60.3 Å². The van der Waals surface area contributed by atoms with Crippen LogP contribution in [0, 0.1) is 13.8 Å². The van der Waals surface area contributed by atoms with Crippen LogP contribution in [0.3, 0.4) is 0 Å². The Morgan fingerprint density at radius 3 is 2.66 bits per heavy atom. The number of amides is 1. The fourth-order valence-corrected chi connectivity index (χ4v) is 5.36. The molecule has 170 valence electrons. The first-order valence-electron chi connectivity index (χ1n) is 10.9. The molecule has 1 amide bonds. The van der Waals surface area contributed by atoms with Crippen LogP contribution >= 0.6 is 11.8 Å². The molecule has 4 rings (SSSR count). The van der Waals surface area contributed by atoms with Crippen LogP contribution in [0.25, 0.3) is 0 Å². The van der Waals surface area contributed by atoms with Gasteiger partial charge in [-0.1, -0.05) is 42.4 Å². The second kappa shape index (κ2) is 9.50. The highest BCUT2D eigenvalue weighted by Gasteiger charge is 2.42. The smallest absolute Gasteiger partial charge is 0.338 e. The van der Waals surface area contributed by atoms with Crippen LogP contribution in [0.2, 0.25) is 0 Å². The summed E-state index contributed by atoms with van der Waals surface area (Å²) in [5, 5.41) is 2.78. The van der Waals surface area contributed by atoms with Crippen molar-refractivity contribution in [1.82, 2.24) is 9.80 Å². The number of fused-ring (bicyclic) bond motifs is 1. The van der Waals surface area contributed by atoms with Gasteiger partial charge in [0.25, 0.3) is 0 Å². The molecule has 0 radical (unpaired) electrons. The fourth-order valence-electron chi connectivity index (χ4n) is 4.42. The highest BCUT2D eigenvalue weighted by atomic mass is 32.2. The molecule has 7 nitrogen and oxygen atoms in total. The second-order valence-corrected chi connectivity index (χ2v) is 8.97. The molecular formula is C24H29N3O4S. The Morgan fingerprint density at radius 2 is 2.00 bits per heavy atom. The van der Waals surface area contributed by atoms with E-state index in [0.717, 1.165) is 33.3 Å². The molecule has 1 aromatic rings. The lowest BCUT2D eigenvalue weighted by Gasteiger charge is -2.37. The first-order valence-corrected chi connectivity index (χ1v) is 11.8. The summed E-state index contributed by atoms with van der Waals surface area (Å²) < 4.78 is 10.6. The minimum atomic E-state index is -0.385. The predicted octanol–water partition coefficient (Wildman–Crippen LogP) is 3.69. The molecule has 0 unspecified atom stereocenters. The minimum absolute atomic E-state index is 0.0608. The van der Waals surface area contributed by atoms with E-state index in [1.54, 1.807) is 0 Å². The maximum absolute atomic E-state index is 13.0. The van der Waals surface area contributed by atoms with Gasteiger partial charge in [-0.3, -0.25) is 4.79 Å². The topological polar surface area (TPSA) is 71.4 Å². The summed E-state index contributed by atoms with van der Waals surface area (Å²) in [7, 11) is 1.40. The SMILES string of the molecule is CCC1=C(C(=O)OC)[C@H](c2ccc(C)cc2C)N2C(CC(=O)N3CCOCC3)=CSC2=N1. The molecule has 1 fully saturated rings. The van der Waals surface area contributed by atoms with E-state index in [-0.39, 0.29) is 24.3 Å². The molecule has 32 heavy (non-hydrogen) atoms. The number of allylic oxidation sites excluding steroid dienone is 1. The molecule has 0 bridgehead atoms. The van der Waals surface area contributed by atoms with Gasteiger partial charge in [0.1, 0.15) is 0 Å². The van der Waals surface area contributed by atoms with Gasteiger partial charge in [-0.05, 0) is 36.8 Å². The van der Waals surface area contributed by atoms with E-state index >= 15 is 0 Å². The Morgan fingerprint density at radius 1 is 1.25 bits per heavy atom. The molecule has 3 aliphatic heterocycles. The van der Waals surface area contributed by atoms with Crippen molar-refractivity contribution in [2.75, 3.05) is 33.4 Å². The molecule has 0 aliphatic carbocycles. The number of thioether (sulfide) groups is 1. The second-order valence-electron chi connectivity index (χ2n) is 8.13. The summed E-state index contributed by atoms with van der Waals surface area (Å²) in [5.41, 5.74) is 5.38. The van der Waals surface area contributed by atoms with Gasteiger partial charge in [0.15, 0.2) is 5.17 Å². The number of methoxy groups -OCH3 is 1. The number of nitrogens with zero attached hydrogens (tertiary/aromatic N) is 3. The molecule has 3 aliphatic rings. The lowest BCUT2D eigenvalue weighted by molar-refractivity contribution is -0.136. The highest BCUT2D eigenvalue weighted by Crippen LogP contribution is 2.46. The minimum Gasteiger partial charge on any atom is -0.466 e. The summed E-state index contributed by atoms with van der Waals surface area (Å²) in [6, 6.07) is 5.86. The molecule has 8 heteroatoms. The largest absolute Gasteiger partial charge is 0.466 e. The molecule has 1 atom stereocenters. The van der Waals surface area contributed by atoms with Crippen LogP contribution < -0.4 is 0 Å². The summed E-state index contributed by atoms with van der Waals surface area (Å²) in [6.45, 7) is 8.44. The van der Waals surface area contributed by atoms with Gasteiger partial charge in [-0.25, -0.2) is 9.79 Å². The Bertz CT molecular complexity index is 1020. The Hall–Kier alpha value is -2.58. The number of aryl methyl sites for hydroxylation is 2. The van der Waals surface area contributed by atoms with E-state index in [4.69, 9.17) is 14.5 Å². The van der Waals surface area contributed by atoms with Gasteiger partial charge >= 0.3 is 5.97 Å². The van der Waals surface area contributed by atoms with Gasteiger partial charge in [0.05, 0.1) is 44.1 Å². The predicted molar refractivity (Wildman–Crippen MR) is 125 cm³/mol. The number of hydrogen-bond acceptors (Lipinski definition) is 7. The van der Waals surface area contributed by atoms with Crippen molar-refractivity contribution >= 4 is 28.8 Å². The number of morpholine rings is 1. The lowest BCUT2D eigenvalue weighted by Crippen LogP contribution is -2.42. The number of ether oxygens (including phenoxy) is 2. The van der Waals surface area contributed by atoms with E-state index in [1.807, 2.05) is 22.1 Å². The van der Waals surface area contributed by atoms with Gasteiger partial charge in [0, 0.05) is 18.8 Å². The lowest BCUT2D eigenvalue weighted by atomic mass is 9.89. The van der Waals surface area contributed by atoms with Crippen molar-refractivity contribution in [1.29, 1.82) is 0 Å². The monoisotopic (exact) mass is 455 g/mol. The zero-order valence-corrected chi connectivity index (χ0v) is 19.8. The van der Waals surface area contributed by atoms with Crippen LogP contribution in [0.5, 0.6) is 0 Å². The van der Waals surface area contributed by atoms with Crippen molar-refractivity contribution in [2.45, 2.75) is 39.7 Å². The first kappa shape index (κ1) is 22.6. The van der Waals surface area contributed by atoms with Gasteiger partial charge in [0.2, 0.25) is 5.91 Å². The normalized spacial score (nSPS) is 20.7. The maximum atomic E-state index is 13.0. The van der Waals surface area contributed by atoms with Crippen LogP contribution in [0.15, 0.2) is 45.6 Å². The molecule has 0 N–H and O–H groups in total. The van der Waals surface area contributed by atoms with Crippen molar-refractivity contribution < 1.29 is 19.1 Å². The van der Waals surface area contributed by atoms with E-state index < -0.39 is 0 Å². The van der Waals surface area contributed by atoms with E-state index in [0.29, 0.717) is 38.3 Å². The number of carbonyl (C=O) groups excluding carboxylic acids is 2. The maximum Gasteiger partial charge on any atom is 0.338 e. The standard InChI is InChI=1S/C24H29N3O4S/c1-5-19-21(23(29)30-4)22(18-7-6-15(2)12-16(18)3)27-17(14-32-24(27)25-19)13-20(28)26-8-10-31-11-9-26/h6-7,12,14,22H,5,8-11,13H2,1-4H3/t22-/m0/s1. The Labute approximate surface area is 193 Å². The van der Waals surface area contributed by atoms with Crippen LogP contribution in [0.1, 0.15) is 42.5 Å². The molecule has 3 heterocycles. The molecule has 1 saturated heterocycles. The molecular weight excluding hydrogens is 426 g/mol. The highest BCUT2D eigenvalue weighted by molar-refractivity contribution is 8.16. The third-order valence-corrected chi connectivity index (χ3v) is 6.93. The van der Waals surface area contributed by atoms with E-state index in [9.17, 15) is 9.59 Å². The van der Waals surface area contributed by atoms with Crippen molar-refractivity contribution in [3.8, 4) is 0 Å².